The number of benzene rings is 1. The summed E-state index contributed by atoms with van der Waals surface area (Å²) in [4.78, 5) is 12.3. The van der Waals surface area contributed by atoms with Crippen LogP contribution in [0.15, 0.2) is 24.3 Å². The molecule has 2 N–H and O–H groups in total. The number of rotatable bonds is 6. The van der Waals surface area contributed by atoms with E-state index in [0.717, 1.165) is 11.3 Å². The Morgan fingerprint density at radius 2 is 1.95 bits per heavy atom. The Labute approximate surface area is 125 Å². The second-order valence-electron chi connectivity index (χ2n) is 6.04. The second kappa shape index (κ2) is 6.48. The fourth-order valence-corrected chi connectivity index (χ4v) is 3.63. The molecule has 0 spiro atoms. The Morgan fingerprint density at radius 3 is 2.67 bits per heavy atom. The topological polar surface area (TPSA) is 58.6 Å². The zero-order valence-corrected chi connectivity index (χ0v) is 12.3. The van der Waals surface area contributed by atoms with Crippen LogP contribution in [-0.4, -0.2) is 24.2 Å². The van der Waals surface area contributed by atoms with Gasteiger partial charge in [0.1, 0.15) is 12.4 Å². The molecule has 0 bridgehead atoms. The summed E-state index contributed by atoms with van der Waals surface area (Å²) in [5.41, 5.74) is 0.961. The van der Waals surface area contributed by atoms with Crippen LogP contribution in [0.3, 0.4) is 0 Å². The minimum absolute atomic E-state index is 0.00781. The molecule has 0 saturated heterocycles. The van der Waals surface area contributed by atoms with Crippen LogP contribution in [0.2, 0.25) is 0 Å². The molecule has 0 heterocycles. The number of para-hydroxylation sites is 1. The van der Waals surface area contributed by atoms with Crippen LogP contribution in [0.4, 0.5) is 0 Å². The zero-order valence-electron chi connectivity index (χ0n) is 12.3. The van der Waals surface area contributed by atoms with Crippen molar-refractivity contribution >= 4 is 5.91 Å². The minimum atomic E-state index is -0.00781. The third-order valence-corrected chi connectivity index (χ3v) is 4.73. The fraction of sp³-hybridized carbons (Fsp3) is 0.588. The van der Waals surface area contributed by atoms with Crippen LogP contribution in [-0.2, 0) is 11.3 Å². The molecule has 21 heavy (non-hydrogen) atoms. The van der Waals surface area contributed by atoms with Crippen LogP contribution >= 0.6 is 0 Å². The molecule has 2 unspecified atom stereocenters. The first kappa shape index (κ1) is 14.4. The molecule has 0 aromatic heterocycles. The summed E-state index contributed by atoms with van der Waals surface area (Å²) >= 11 is 0. The van der Waals surface area contributed by atoms with Gasteiger partial charge in [0.2, 0.25) is 5.91 Å². The number of fused-ring (bicyclic) bond motifs is 1. The van der Waals surface area contributed by atoms with E-state index in [1.807, 2.05) is 24.3 Å². The zero-order chi connectivity index (χ0) is 14.7. The molecular formula is C17H23NO3. The van der Waals surface area contributed by atoms with Gasteiger partial charge in [-0.25, -0.2) is 0 Å². The quantitative estimate of drug-likeness (QED) is 0.843. The van der Waals surface area contributed by atoms with Crippen LogP contribution < -0.4 is 10.1 Å². The van der Waals surface area contributed by atoms with E-state index in [-0.39, 0.29) is 25.0 Å². The molecular weight excluding hydrogens is 266 g/mol. The van der Waals surface area contributed by atoms with E-state index in [2.05, 4.69) is 5.32 Å². The molecule has 1 aromatic carbocycles. The molecule has 4 heteroatoms. The third-order valence-electron chi connectivity index (χ3n) is 4.73. The average Bonchev–Trinajstić information content (AvgIpc) is 3.26. The molecule has 0 radical (unpaired) electrons. The van der Waals surface area contributed by atoms with Gasteiger partial charge in [-0.05, 0) is 30.7 Å². The molecule has 1 amide bonds. The largest absolute Gasteiger partial charge is 0.491 e. The van der Waals surface area contributed by atoms with E-state index in [1.165, 1.54) is 25.7 Å². The average molecular weight is 289 g/mol. The molecule has 114 valence electrons. The van der Waals surface area contributed by atoms with E-state index in [9.17, 15) is 4.79 Å². The van der Waals surface area contributed by atoms with Crippen molar-refractivity contribution in [1.82, 2.24) is 5.32 Å². The number of ether oxygens (including phenoxy) is 1. The van der Waals surface area contributed by atoms with Crippen molar-refractivity contribution in [3.05, 3.63) is 29.8 Å². The molecule has 2 fully saturated rings. The number of nitrogens with one attached hydrogen (secondary N) is 1. The number of amides is 1. The Balaban J connectivity index is 1.54. The van der Waals surface area contributed by atoms with Gasteiger partial charge in [0, 0.05) is 18.0 Å². The van der Waals surface area contributed by atoms with E-state index in [0.29, 0.717) is 18.4 Å². The lowest BCUT2D eigenvalue weighted by Crippen LogP contribution is -2.25. The van der Waals surface area contributed by atoms with Gasteiger partial charge in [-0.15, -0.1) is 0 Å². The highest BCUT2D eigenvalue weighted by atomic mass is 16.5. The van der Waals surface area contributed by atoms with E-state index >= 15 is 0 Å². The van der Waals surface area contributed by atoms with Crippen molar-refractivity contribution in [3.63, 3.8) is 0 Å². The number of carbonyl (C=O) groups excluding carboxylic acids is 1. The van der Waals surface area contributed by atoms with Crippen LogP contribution in [0.5, 0.6) is 5.75 Å². The monoisotopic (exact) mass is 289 g/mol. The van der Waals surface area contributed by atoms with Crippen molar-refractivity contribution in [3.8, 4) is 5.75 Å². The SMILES string of the molecule is O=C(NCc1ccccc1OCCO)C1C2CCCCC21. The normalized spacial score (nSPS) is 26.8. The summed E-state index contributed by atoms with van der Waals surface area (Å²) in [6.07, 6.45) is 5.00. The number of hydrogen-bond acceptors (Lipinski definition) is 3. The lowest BCUT2D eigenvalue weighted by molar-refractivity contribution is -0.123. The summed E-state index contributed by atoms with van der Waals surface area (Å²) in [6, 6.07) is 7.65. The highest BCUT2D eigenvalue weighted by Gasteiger charge is 2.54. The Kier molecular flexibility index (Phi) is 4.44. The summed E-state index contributed by atoms with van der Waals surface area (Å²) < 4.78 is 5.49. The van der Waals surface area contributed by atoms with E-state index in [1.54, 1.807) is 0 Å². The molecule has 2 aliphatic rings. The number of aliphatic hydroxyl groups is 1. The van der Waals surface area contributed by atoms with Gasteiger partial charge in [-0.3, -0.25) is 4.79 Å². The lowest BCUT2D eigenvalue weighted by Gasteiger charge is -2.11. The van der Waals surface area contributed by atoms with Gasteiger partial charge in [-0.1, -0.05) is 31.0 Å². The van der Waals surface area contributed by atoms with E-state index in [4.69, 9.17) is 9.84 Å². The van der Waals surface area contributed by atoms with Gasteiger partial charge in [-0.2, -0.15) is 0 Å². The third kappa shape index (κ3) is 3.21. The van der Waals surface area contributed by atoms with Gasteiger partial charge < -0.3 is 15.2 Å². The Hall–Kier alpha value is -1.55. The van der Waals surface area contributed by atoms with Crippen LogP contribution in [0.25, 0.3) is 0 Å². The van der Waals surface area contributed by atoms with Crippen molar-refractivity contribution < 1.29 is 14.6 Å². The molecule has 2 saturated carbocycles. The van der Waals surface area contributed by atoms with Crippen molar-refractivity contribution in [2.45, 2.75) is 32.2 Å². The van der Waals surface area contributed by atoms with E-state index < -0.39 is 0 Å². The second-order valence-corrected chi connectivity index (χ2v) is 6.04. The van der Waals surface area contributed by atoms with Crippen molar-refractivity contribution in [2.24, 2.45) is 17.8 Å². The maximum atomic E-state index is 12.3. The van der Waals surface area contributed by atoms with Crippen LogP contribution in [0.1, 0.15) is 31.2 Å². The van der Waals surface area contributed by atoms with Gasteiger partial charge in [0.15, 0.2) is 0 Å². The molecule has 2 atom stereocenters. The van der Waals surface area contributed by atoms with Gasteiger partial charge in [0.05, 0.1) is 6.61 Å². The Bertz CT molecular complexity index is 491. The summed E-state index contributed by atoms with van der Waals surface area (Å²) in [5.74, 6) is 2.46. The Morgan fingerprint density at radius 1 is 1.24 bits per heavy atom. The number of carbonyl (C=O) groups is 1. The molecule has 4 nitrogen and oxygen atoms in total. The molecule has 3 rings (SSSR count). The molecule has 0 aliphatic heterocycles. The maximum Gasteiger partial charge on any atom is 0.223 e. The predicted molar refractivity (Wildman–Crippen MR) is 79.8 cm³/mol. The first-order valence-electron chi connectivity index (χ1n) is 7.90. The highest BCUT2D eigenvalue weighted by molar-refractivity contribution is 5.82. The number of aliphatic hydroxyl groups excluding tert-OH is 1. The summed E-state index contributed by atoms with van der Waals surface area (Å²) in [5, 5.41) is 11.9. The standard InChI is InChI=1S/C17H23NO3/c19-9-10-21-15-8-4-1-5-12(15)11-18-17(20)16-13-6-2-3-7-14(13)16/h1,4-5,8,13-14,16,19H,2-3,6-7,9-11H2,(H,18,20). The first-order chi connectivity index (χ1) is 10.3. The fourth-order valence-electron chi connectivity index (χ4n) is 3.63. The first-order valence-corrected chi connectivity index (χ1v) is 7.90. The summed E-state index contributed by atoms with van der Waals surface area (Å²) in [6.45, 7) is 0.764. The lowest BCUT2D eigenvalue weighted by atomic mass is 10.0. The maximum absolute atomic E-state index is 12.3. The van der Waals surface area contributed by atoms with Crippen LogP contribution in [0, 0.1) is 17.8 Å². The number of hydrogen-bond donors (Lipinski definition) is 2. The van der Waals surface area contributed by atoms with Gasteiger partial charge in [0.25, 0.3) is 0 Å². The van der Waals surface area contributed by atoms with Crippen molar-refractivity contribution in [1.29, 1.82) is 0 Å². The molecule has 2 aliphatic carbocycles. The summed E-state index contributed by atoms with van der Waals surface area (Å²) in [7, 11) is 0. The minimum Gasteiger partial charge on any atom is -0.491 e. The van der Waals surface area contributed by atoms with Gasteiger partial charge >= 0.3 is 0 Å². The smallest absolute Gasteiger partial charge is 0.223 e. The van der Waals surface area contributed by atoms with Crippen molar-refractivity contribution in [2.75, 3.05) is 13.2 Å². The predicted octanol–water partition coefficient (Wildman–Crippen LogP) is 2.11. The molecule has 1 aromatic rings. The highest BCUT2D eigenvalue weighted by Crippen LogP contribution is 2.55.